The zero-order chi connectivity index (χ0) is 14.4. The van der Waals surface area contributed by atoms with E-state index in [9.17, 15) is 0 Å². The average Bonchev–Trinajstić information content (AvgIpc) is 2.50. The molecule has 1 aliphatic heterocycles. The van der Waals surface area contributed by atoms with Gasteiger partial charge in [-0.1, -0.05) is 31.2 Å². The zero-order valence-corrected chi connectivity index (χ0v) is 12.9. The molecule has 0 spiro atoms. The molecule has 1 fully saturated rings. The van der Waals surface area contributed by atoms with Crippen LogP contribution in [0.4, 0.5) is 0 Å². The van der Waals surface area contributed by atoms with Crippen LogP contribution in [0.3, 0.4) is 0 Å². The average molecular weight is 277 g/mol. The number of rotatable bonds is 6. The molecule has 0 bridgehead atoms. The lowest BCUT2D eigenvalue weighted by molar-refractivity contribution is -0.127. The molecule has 3 nitrogen and oxygen atoms in total. The molecule has 1 N–H and O–H groups in total. The van der Waals surface area contributed by atoms with Crippen molar-refractivity contribution in [3.8, 4) is 0 Å². The molecular weight excluding hydrogens is 250 g/mol. The van der Waals surface area contributed by atoms with E-state index in [4.69, 9.17) is 9.47 Å². The van der Waals surface area contributed by atoms with E-state index in [1.165, 1.54) is 11.1 Å². The normalized spacial score (nSPS) is 19.8. The third-order valence-corrected chi connectivity index (χ3v) is 4.31. The SMILES string of the molecule is CCOC1(C(NC)c2ccc(CC)cc2)CCOCC1. The van der Waals surface area contributed by atoms with Crippen molar-refractivity contribution in [2.24, 2.45) is 0 Å². The minimum Gasteiger partial charge on any atom is -0.381 e. The summed E-state index contributed by atoms with van der Waals surface area (Å²) in [5.74, 6) is 0. The van der Waals surface area contributed by atoms with Crippen molar-refractivity contribution in [2.45, 2.75) is 44.8 Å². The van der Waals surface area contributed by atoms with E-state index in [1.807, 2.05) is 7.05 Å². The largest absolute Gasteiger partial charge is 0.381 e. The molecule has 3 heteroatoms. The van der Waals surface area contributed by atoms with Crippen LogP contribution < -0.4 is 5.32 Å². The highest BCUT2D eigenvalue weighted by Crippen LogP contribution is 2.37. The molecule has 112 valence electrons. The van der Waals surface area contributed by atoms with Crippen LogP contribution in [0.5, 0.6) is 0 Å². The Bertz CT molecular complexity index is 390. The molecule has 0 amide bonds. The van der Waals surface area contributed by atoms with Crippen LogP contribution in [0.25, 0.3) is 0 Å². The first-order valence-electron chi connectivity index (χ1n) is 7.73. The van der Waals surface area contributed by atoms with E-state index in [1.54, 1.807) is 0 Å². The molecule has 1 atom stereocenters. The van der Waals surface area contributed by atoms with Crippen molar-refractivity contribution in [2.75, 3.05) is 26.9 Å². The van der Waals surface area contributed by atoms with Crippen molar-refractivity contribution < 1.29 is 9.47 Å². The van der Waals surface area contributed by atoms with Gasteiger partial charge in [0.1, 0.15) is 0 Å². The van der Waals surface area contributed by atoms with E-state index in [0.717, 1.165) is 39.1 Å². The first kappa shape index (κ1) is 15.5. The number of benzene rings is 1. The molecule has 1 heterocycles. The van der Waals surface area contributed by atoms with Crippen LogP contribution in [0.2, 0.25) is 0 Å². The molecule has 0 radical (unpaired) electrons. The Morgan fingerprint density at radius 2 is 1.85 bits per heavy atom. The maximum atomic E-state index is 6.19. The van der Waals surface area contributed by atoms with Gasteiger partial charge in [0.2, 0.25) is 0 Å². The summed E-state index contributed by atoms with van der Waals surface area (Å²) in [6.07, 6.45) is 2.97. The minimum absolute atomic E-state index is 0.143. The fourth-order valence-corrected chi connectivity index (χ4v) is 3.20. The Morgan fingerprint density at radius 3 is 2.35 bits per heavy atom. The predicted octanol–water partition coefficient (Wildman–Crippen LogP) is 3.10. The van der Waals surface area contributed by atoms with Crippen molar-refractivity contribution in [3.05, 3.63) is 35.4 Å². The van der Waals surface area contributed by atoms with Crippen LogP contribution >= 0.6 is 0 Å². The number of hydrogen-bond acceptors (Lipinski definition) is 3. The van der Waals surface area contributed by atoms with Gasteiger partial charge in [0.25, 0.3) is 0 Å². The molecule has 0 aliphatic carbocycles. The zero-order valence-electron chi connectivity index (χ0n) is 12.9. The first-order chi connectivity index (χ1) is 9.75. The van der Waals surface area contributed by atoms with Crippen LogP contribution in [0, 0.1) is 0 Å². The molecule has 1 saturated heterocycles. The van der Waals surface area contributed by atoms with Crippen molar-refractivity contribution >= 4 is 0 Å². The summed E-state index contributed by atoms with van der Waals surface area (Å²) < 4.78 is 11.7. The molecule has 1 unspecified atom stereocenters. The number of ether oxygens (including phenoxy) is 2. The minimum atomic E-state index is -0.143. The summed E-state index contributed by atoms with van der Waals surface area (Å²) in [7, 11) is 2.02. The number of nitrogens with one attached hydrogen (secondary N) is 1. The van der Waals surface area contributed by atoms with Gasteiger partial charge in [0.05, 0.1) is 11.6 Å². The maximum Gasteiger partial charge on any atom is 0.0919 e. The third kappa shape index (κ3) is 3.22. The van der Waals surface area contributed by atoms with E-state index < -0.39 is 0 Å². The summed E-state index contributed by atoms with van der Waals surface area (Å²) in [4.78, 5) is 0. The maximum absolute atomic E-state index is 6.19. The molecule has 0 aromatic heterocycles. The highest BCUT2D eigenvalue weighted by Gasteiger charge is 2.41. The van der Waals surface area contributed by atoms with Gasteiger partial charge < -0.3 is 14.8 Å². The lowest BCUT2D eigenvalue weighted by Crippen LogP contribution is -2.49. The fraction of sp³-hybridized carbons (Fsp3) is 0.647. The molecular formula is C17H27NO2. The second-order valence-corrected chi connectivity index (χ2v) is 5.43. The second kappa shape index (κ2) is 7.21. The Labute approximate surface area is 122 Å². The summed E-state index contributed by atoms with van der Waals surface area (Å²) in [5, 5.41) is 3.47. The molecule has 0 saturated carbocycles. The number of hydrogen-bond donors (Lipinski definition) is 1. The molecule has 1 aromatic carbocycles. The quantitative estimate of drug-likeness (QED) is 0.866. The van der Waals surface area contributed by atoms with Gasteiger partial charge in [-0.3, -0.25) is 0 Å². The summed E-state index contributed by atoms with van der Waals surface area (Å²) in [5.41, 5.74) is 2.54. The van der Waals surface area contributed by atoms with Gasteiger partial charge in [-0.15, -0.1) is 0 Å². The highest BCUT2D eigenvalue weighted by molar-refractivity contribution is 5.27. The van der Waals surface area contributed by atoms with E-state index in [-0.39, 0.29) is 11.6 Å². The summed E-state index contributed by atoms with van der Waals surface area (Å²) in [6, 6.07) is 9.13. The van der Waals surface area contributed by atoms with Crippen molar-refractivity contribution in [1.82, 2.24) is 5.32 Å². The van der Waals surface area contributed by atoms with Crippen LogP contribution in [0.1, 0.15) is 43.9 Å². The van der Waals surface area contributed by atoms with Crippen molar-refractivity contribution in [1.29, 1.82) is 0 Å². The Morgan fingerprint density at radius 1 is 1.20 bits per heavy atom. The van der Waals surface area contributed by atoms with Gasteiger partial charge in [-0.2, -0.15) is 0 Å². The highest BCUT2D eigenvalue weighted by atomic mass is 16.5. The van der Waals surface area contributed by atoms with Gasteiger partial charge in [-0.25, -0.2) is 0 Å². The topological polar surface area (TPSA) is 30.5 Å². The van der Waals surface area contributed by atoms with E-state index in [2.05, 4.69) is 43.4 Å². The summed E-state index contributed by atoms with van der Waals surface area (Å²) >= 11 is 0. The monoisotopic (exact) mass is 277 g/mol. The first-order valence-corrected chi connectivity index (χ1v) is 7.73. The smallest absolute Gasteiger partial charge is 0.0919 e. The second-order valence-electron chi connectivity index (χ2n) is 5.43. The van der Waals surface area contributed by atoms with Crippen LogP contribution in [-0.4, -0.2) is 32.5 Å². The lowest BCUT2D eigenvalue weighted by atomic mass is 9.82. The van der Waals surface area contributed by atoms with Gasteiger partial charge in [0.15, 0.2) is 0 Å². The number of aryl methyl sites for hydroxylation is 1. The molecule has 2 rings (SSSR count). The third-order valence-electron chi connectivity index (χ3n) is 4.31. The number of likely N-dealkylation sites (N-methyl/N-ethyl adjacent to an activating group) is 1. The fourth-order valence-electron chi connectivity index (χ4n) is 3.20. The van der Waals surface area contributed by atoms with Crippen LogP contribution in [0.15, 0.2) is 24.3 Å². The molecule has 20 heavy (non-hydrogen) atoms. The Balaban J connectivity index is 2.26. The standard InChI is InChI=1S/C17H27NO2/c1-4-14-6-8-15(9-7-14)16(18-3)17(20-5-2)10-12-19-13-11-17/h6-9,16,18H,4-5,10-13H2,1-3H3. The lowest BCUT2D eigenvalue weighted by Gasteiger charge is -2.43. The van der Waals surface area contributed by atoms with Gasteiger partial charge in [-0.05, 0) is 31.5 Å². The van der Waals surface area contributed by atoms with Gasteiger partial charge in [0, 0.05) is 32.7 Å². The Kier molecular flexibility index (Phi) is 5.58. The van der Waals surface area contributed by atoms with Crippen molar-refractivity contribution in [3.63, 3.8) is 0 Å². The molecule has 1 aromatic rings. The van der Waals surface area contributed by atoms with E-state index in [0.29, 0.717) is 0 Å². The molecule has 1 aliphatic rings. The summed E-state index contributed by atoms with van der Waals surface area (Å²) in [6.45, 7) is 6.57. The Hall–Kier alpha value is -0.900. The van der Waals surface area contributed by atoms with E-state index >= 15 is 0 Å². The predicted molar refractivity (Wildman–Crippen MR) is 82.0 cm³/mol. The van der Waals surface area contributed by atoms with Gasteiger partial charge >= 0.3 is 0 Å². The van der Waals surface area contributed by atoms with Crippen LogP contribution in [-0.2, 0) is 15.9 Å².